The maximum atomic E-state index is 11.6. The van der Waals surface area contributed by atoms with E-state index < -0.39 is 5.91 Å². The summed E-state index contributed by atoms with van der Waals surface area (Å²) in [6.07, 6.45) is 5.67. The number of amides is 3. The third kappa shape index (κ3) is 4.18. The van der Waals surface area contributed by atoms with Gasteiger partial charge < -0.3 is 16.0 Å². The number of primary amides is 1. The summed E-state index contributed by atoms with van der Waals surface area (Å²) in [5.74, 6) is -0.490. The van der Waals surface area contributed by atoms with E-state index in [0.29, 0.717) is 0 Å². The van der Waals surface area contributed by atoms with E-state index in [4.69, 9.17) is 5.73 Å². The quantitative estimate of drug-likeness (QED) is 0.714. The van der Waals surface area contributed by atoms with E-state index in [0.717, 1.165) is 12.8 Å². The fourth-order valence-corrected chi connectivity index (χ4v) is 1.84. The van der Waals surface area contributed by atoms with E-state index in [1.54, 1.807) is 7.05 Å². The van der Waals surface area contributed by atoms with Crippen LogP contribution < -0.4 is 11.1 Å². The largest absolute Gasteiger partial charge is 0.368 e. The number of nitrogens with one attached hydrogen (secondary N) is 1. The van der Waals surface area contributed by atoms with Crippen LogP contribution in [-0.2, 0) is 4.79 Å². The minimum atomic E-state index is -0.490. The van der Waals surface area contributed by atoms with Crippen molar-refractivity contribution in [1.29, 1.82) is 0 Å². The number of hydrogen-bond donors (Lipinski definition) is 2. The van der Waals surface area contributed by atoms with Crippen molar-refractivity contribution in [3.05, 3.63) is 0 Å². The SMILES string of the molecule is CN(CC(N)=O)C(=O)NC1CCCCC1. The van der Waals surface area contributed by atoms with Crippen molar-refractivity contribution in [2.24, 2.45) is 5.73 Å². The lowest BCUT2D eigenvalue weighted by Gasteiger charge is -2.25. The van der Waals surface area contributed by atoms with Crippen LogP contribution in [-0.4, -0.2) is 36.5 Å². The summed E-state index contributed by atoms with van der Waals surface area (Å²) in [4.78, 5) is 23.5. The van der Waals surface area contributed by atoms with Crippen LogP contribution in [0, 0.1) is 0 Å². The standard InChI is InChI=1S/C10H19N3O2/c1-13(7-9(11)14)10(15)12-8-5-3-2-4-6-8/h8H,2-7H2,1H3,(H2,11,14)(H,12,15). The van der Waals surface area contributed by atoms with Gasteiger partial charge in [0.15, 0.2) is 0 Å². The predicted molar refractivity (Wildman–Crippen MR) is 57.2 cm³/mol. The van der Waals surface area contributed by atoms with E-state index in [1.807, 2.05) is 0 Å². The van der Waals surface area contributed by atoms with Crippen molar-refractivity contribution in [2.45, 2.75) is 38.1 Å². The van der Waals surface area contributed by atoms with Crippen molar-refractivity contribution in [2.75, 3.05) is 13.6 Å². The summed E-state index contributed by atoms with van der Waals surface area (Å²) in [5.41, 5.74) is 5.00. The van der Waals surface area contributed by atoms with Gasteiger partial charge in [-0.05, 0) is 12.8 Å². The molecule has 0 radical (unpaired) electrons. The summed E-state index contributed by atoms with van der Waals surface area (Å²) in [6, 6.07) is 0.0577. The van der Waals surface area contributed by atoms with Crippen LogP contribution in [0.5, 0.6) is 0 Å². The molecule has 1 aliphatic rings. The van der Waals surface area contributed by atoms with Crippen LogP contribution in [0.3, 0.4) is 0 Å². The van der Waals surface area contributed by atoms with Gasteiger partial charge in [0.1, 0.15) is 6.54 Å². The average Bonchev–Trinajstić information content (AvgIpc) is 2.18. The molecule has 0 aliphatic heterocycles. The molecule has 0 aromatic heterocycles. The highest BCUT2D eigenvalue weighted by atomic mass is 16.2. The third-order valence-electron chi connectivity index (χ3n) is 2.67. The topological polar surface area (TPSA) is 75.4 Å². The molecule has 0 bridgehead atoms. The first-order chi connectivity index (χ1) is 7.09. The van der Waals surface area contributed by atoms with Crippen LogP contribution in [0.4, 0.5) is 4.79 Å². The Morgan fingerprint density at radius 3 is 2.47 bits per heavy atom. The third-order valence-corrected chi connectivity index (χ3v) is 2.67. The van der Waals surface area contributed by atoms with Gasteiger partial charge >= 0.3 is 6.03 Å². The average molecular weight is 213 g/mol. The zero-order valence-electron chi connectivity index (χ0n) is 9.16. The van der Waals surface area contributed by atoms with E-state index >= 15 is 0 Å². The summed E-state index contributed by atoms with van der Waals surface area (Å²) in [7, 11) is 1.57. The molecule has 1 fully saturated rings. The van der Waals surface area contributed by atoms with E-state index in [-0.39, 0.29) is 18.6 Å². The molecule has 1 rings (SSSR count). The lowest BCUT2D eigenvalue weighted by molar-refractivity contribution is -0.118. The molecule has 1 aliphatic carbocycles. The molecule has 5 heteroatoms. The fraction of sp³-hybridized carbons (Fsp3) is 0.800. The first-order valence-electron chi connectivity index (χ1n) is 5.39. The molecule has 5 nitrogen and oxygen atoms in total. The monoisotopic (exact) mass is 213 g/mol. The second kappa shape index (κ2) is 5.58. The molecule has 0 heterocycles. The number of carbonyl (C=O) groups is 2. The van der Waals surface area contributed by atoms with Crippen LogP contribution in [0.2, 0.25) is 0 Å². The number of rotatable bonds is 3. The molecule has 3 N–H and O–H groups in total. The zero-order chi connectivity index (χ0) is 11.3. The summed E-state index contributed by atoms with van der Waals surface area (Å²) in [5, 5.41) is 2.90. The van der Waals surface area contributed by atoms with Gasteiger partial charge in [0.2, 0.25) is 5.91 Å². The Labute approximate surface area is 90.0 Å². The maximum absolute atomic E-state index is 11.6. The van der Waals surface area contributed by atoms with Crippen LogP contribution in [0.25, 0.3) is 0 Å². The fourth-order valence-electron chi connectivity index (χ4n) is 1.84. The lowest BCUT2D eigenvalue weighted by atomic mass is 9.96. The molecule has 0 aromatic carbocycles. The van der Waals surface area contributed by atoms with Crippen molar-refractivity contribution < 1.29 is 9.59 Å². The molecule has 15 heavy (non-hydrogen) atoms. The number of nitrogens with two attached hydrogens (primary N) is 1. The van der Waals surface area contributed by atoms with E-state index in [9.17, 15) is 9.59 Å². The second-order valence-electron chi connectivity index (χ2n) is 4.11. The highest BCUT2D eigenvalue weighted by molar-refractivity contribution is 5.82. The molecular weight excluding hydrogens is 194 g/mol. The number of carbonyl (C=O) groups excluding carboxylic acids is 2. The maximum Gasteiger partial charge on any atom is 0.317 e. The second-order valence-corrected chi connectivity index (χ2v) is 4.11. The van der Waals surface area contributed by atoms with E-state index in [2.05, 4.69) is 5.32 Å². The van der Waals surface area contributed by atoms with Gasteiger partial charge in [-0.1, -0.05) is 19.3 Å². The molecule has 0 spiro atoms. The Kier molecular flexibility index (Phi) is 4.39. The Morgan fingerprint density at radius 1 is 1.33 bits per heavy atom. The normalized spacial score (nSPS) is 17.1. The first kappa shape index (κ1) is 11.8. The van der Waals surface area contributed by atoms with Crippen LogP contribution >= 0.6 is 0 Å². The van der Waals surface area contributed by atoms with Crippen molar-refractivity contribution >= 4 is 11.9 Å². The van der Waals surface area contributed by atoms with Gasteiger partial charge in [0.25, 0.3) is 0 Å². The van der Waals surface area contributed by atoms with Gasteiger partial charge in [-0.2, -0.15) is 0 Å². The van der Waals surface area contributed by atoms with Crippen molar-refractivity contribution in [3.63, 3.8) is 0 Å². The predicted octanol–water partition coefficient (Wildman–Crippen LogP) is 0.446. The Balaban J connectivity index is 2.30. The Bertz CT molecular complexity index is 237. The molecule has 0 atom stereocenters. The number of nitrogens with zero attached hydrogens (tertiary/aromatic N) is 1. The minimum Gasteiger partial charge on any atom is -0.368 e. The number of likely N-dealkylation sites (N-methyl/N-ethyl adjacent to an activating group) is 1. The highest BCUT2D eigenvalue weighted by Gasteiger charge is 2.18. The number of urea groups is 1. The molecular formula is C10H19N3O2. The van der Waals surface area contributed by atoms with E-state index in [1.165, 1.54) is 24.2 Å². The first-order valence-corrected chi connectivity index (χ1v) is 5.39. The summed E-state index contributed by atoms with van der Waals surface area (Å²) >= 11 is 0. The van der Waals surface area contributed by atoms with Gasteiger partial charge in [-0.3, -0.25) is 4.79 Å². The summed E-state index contributed by atoms with van der Waals surface area (Å²) in [6.45, 7) is -0.0292. The van der Waals surface area contributed by atoms with Crippen molar-refractivity contribution in [1.82, 2.24) is 10.2 Å². The minimum absolute atomic E-state index is 0.0292. The Hall–Kier alpha value is -1.26. The smallest absolute Gasteiger partial charge is 0.317 e. The molecule has 0 aromatic rings. The Morgan fingerprint density at radius 2 is 1.93 bits per heavy atom. The van der Waals surface area contributed by atoms with Gasteiger partial charge in [-0.15, -0.1) is 0 Å². The molecule has 1 saturated carbocycles. The van der Waals surface area contributed by atoms with Crippen LogP contribution in [0.15, 0.2) is 0 Å². The summed E-state index contributed by atoms with van der Waals surface area (Å²) < 4.78 is 0. The van der Waals surface area contributed by atoms with Gasteiger partial charge in [0, 0.05) is 13.1 Å². The molecule has 0 unspecified atom stereocenters. The molecule has 3 amide bonds. The molecule has 0 saturated heterocycles. The number of hydrogen-bond acceptors (Lipinski definition) is 2. The molecule has 86 valence electrons. The zero-order valence-corrected chi connectivity index (χ0v) is 9.16. The highest BCUT2D eigenvalue weighted by Crippen LogP contribution is 2.17. The van der Waals surface area contributed by atoms with Gasteiger partial charge in [-0.25, -0.2) is 4.79 Å². The van der Waals surface area contributed by atoms with Crippen LogP contribution in [0.1, 0.15) is 32.1 Å². The van der Waals surface area contributed by atoms with Crippen molar-refractivity contribution in [3.8, 4) is 0 Å². The van der Waals surface area contributed by atoms with Gasteiger partial charge in [0.05, 0.1) is 0 Å². The lowest BCUT2D eigenvalue weighted by Crippen LogP contribution is -2.46.